The van der Waals surface area contributed by atoms with Crippen molar-refractivity contribution >= 4 is 28.8 Å². The minimum absolute atomic E-state index is 0.124. The molecule has 0 aliphatic rings. The largest absolute Gasteiger partial charge is 0.489 e. The molecular formula is C24H25N3O5. The molecule has 3 aromatic carbocycles. The summed E-state index contributed by atoms with van der Waals surface area (Å²) in [6.45, 7) is 5.63. The van der Waals surface area contributed by atoms with Crippen LogP contribution < -0.4 is 15.4 Å². The van der Waals surface area contributed by atoms with Gasteiger partial charge in [-0.2, -0.15) is 0 Å². The van der Waals surface area contributed by atoms with Crippen LogP contribution in [0.3, 0.4) is 0 Å². The Kier molecular flexibility index (Phi) is 6.94. The topological polar surface area (TPSA) is 103 Å². The number of benzene rings is 3. The number of ether oxygens (including phenoxy) is 2. The zero-order valence-electron chi connectivity index (χ0n) is 18.1. The Morgan fingerprint density at radius 3 is 2.38 bits per heavy atom. The van der Waals surface area contributed by atoms with Gasteiger partial charge in [-0.25, -0.2) is 4.79 Å². The van der Waals surface area contributed by atoms with Crippen molar-refractivity contribution in [3.8, 4) is 5.75 Å². The second-order valence-electron chi connectivity index (χ2n) is 8.04. The van der Waals surface area contributed by atoms with Crippen LogP contribution in [0.2, 0.25) is 0 Å². The zero-order valence-corrected chi connectivity index (χ0v) is 18.1. The molecule has 8 nitrogen and oxygen atoms in total. The number of nitrogens with zero attached hydrogens (tertiary/aromatic N) is 1. The smallest absolute Gasteiger partial charge is 0.412 e. The molecule has 2 N–H and O–H groups in total. The molecule has 0 spiro atoms. The van der Waals surface area contributed by atoms with E-state index in [4.69, 9.17) is 9.47 Å². The summed E-state index contributed by atoms with van der Waals surface area (Å²) in [6, 6.07) is 21.0. The van der Waals surface area contributed by atoms with Gasteiger partial charge in [0, 0.05) is 11.4 Å². The van der Waals surface area contributed by atoms with Crippen LogP contribution >= 0.6 is 0 Å². The average Bonchev–Trinajstić information content (AvgIpc) is 2.72. The Labute approximate surface area is 186 Å². The van der Waals surface area contributed by atoms with Crippen LogP contribution in [-0.2, 0) is 11.3 Å². The first kappa shape index (κ1) is 22.6. The SMILES string of the molecule is CC(C)(C)OC(=O)Nc1cccc(Nc2ccc(OCc3ccccc3)cc2[N+](=O)[O-])c1. The number of hydrogen-bond donors (Lipinski definition) is 2. The maximum Gasteiger partial charge on any atom is 0.412 e. The number of nitro groups is 1. The minimum atomic E-state index is -0.620. The van der Waals surface area contributed by atoms with Gasteiger partial charge in [0.25, 0.3) is 5.69 Å². The van der Waals surface area contributed by atoms with Crippen molar-refractivity contribution in [2.45, 2.75) is 33.0 Å². The van der Waals surface area contributed by atoms with Crippen molar-refractivity contribution in [2.24, 2.45) is 0 Å². The van der Waals surface area contributed by atoms with Gasteiger partial charge in [0.15, 0.2) is 0 Å². The molecule has 32 heavy (non-hydrogen) atoms. The van der Waals surface area contributed by atoms with Crippen molar-refractivity contribution in [2.75, 3.05) is 10.6 Å². The van der Waals surface area contributed by atoms with Gasteiger partial charge >= 0.3 is 6.09 Å². The van der Waals surface area contributed by atoms with Gasteiger partial charge in [-0.1, -0.05) is 36.4 Å². The van der Waals surface area contributed by atoms with E-state index < -0.39 is 16.6 Å². The lowest BCUT2D eigenvalue weighted by molar-refractivity contribution is -0.384. The quantitative estimate of drug-likeness (QED) is 0.335. The molecule has 0 aliphatic heterocycles. The first-order chi connectivity index (χ1) is 15.2. The van der Waals surface area contributed by atoms with Crippen LogP contribution in [0.15, 0.2) is 72.8 Å². The Morgan fingerprint density at radius 2 is 1.69 bits per heavy atom. The summed E-state index contributed by atoms with van der Waals surface area (Å²) < 4.78 is 10.9. The predicted octanol–water partition coefficient (Wildman–Crippen LogP) is 6.26. The third-order valence-electron chi connectivity index (χ3n) is 4.20. The first-order valence-corrected chi connectivity index (χ1v) is 10.0. The maximum atomic E-state index is 12.0. The maximum absolute atomic E-state index is 12.0. The third kappa shape index (κ3) is 6.73. The number of carbonyl (C=O) groups is 1. The highest BCUT2D eigenvalue weighted by molar-refractivity contribution is 5.86. The summed E-state index contributed by atoms with van der Waals surface area (Å²) in [5, 5.41) is 17.3. The summed E-state index contributed by atoms with van der Waals surface area (Å²) in [4.78, 5) is 23.1. The summed E-state index contributed by atoms with van der Waals surface area (Å²) in [6.07, 6.45) is -0.583. The molecule has 3 aromatic rings. The molecule has 166 valence electrons. The van der Waals surface area contributed by atoms with E-state index in [1.165, 1.54) is 6.07 Å². The van der Waals surface area contributed by atoms with E-state index in [1.807, 2.05) is 30.3 Å². The van der Waals surface area contributed by atoms with Crippen molar-refractivity contribution < 1.29 is 19.2 Å². The number of rotatable bonds is 7. The zero-order chi connectivity index (χ0) is 23.1. The lowest BCUT2D eigenvalue weighted by atomic mass is 10.2. The molecule has 0 unspecified atom stereocenters. The Balaban J connectivity index is 1.72. The van der Waals surface area contributed by atoms with Gasteiger partial charge in [-0.15, -0.1) is 0 Å². The van der Waals surface area contributed by atoms with E-state index in [9.17, 15) is 14.9 Å². The summed E-state index contributed by atoms with van der Waals surface area (Å²) in [5.41, 5.74) is 1.59. The minimum Gasteiger partial charge on any atom is -0.489 e. The standard InChI is InChI=1S/C24H25N3O5/c1-24(2,3)32-23(28)26-19-11-7-10-18(14-19)25-21-13-12-20(15-22(21)27(29)30)31-16-17-8-5-4-6-9-17/h4-15,25H,16H2,1-3H3,(H,26,28). The fourth-order valence-corrected chi connectivity index (χ4v) is 2.85. The Bertz CT molecular complexity index is 1090. The van der Waals surface area contributed by atoms with E-state index in [0.29, 0.717) is 29.4 Å². The first-order valence-electron chi connectivity index (χ1n) is 10.0. The third-order valence-corrected chi connectivity index (χ3v) is 4.20. The number of anilines is 3. The van der Waals surface area contributed by atoms with Crippen molar-refractivity contribution in [3.05, 3.63) is 88.5 Å². The van der Waals surface area contributed by atoms with Gasteiger partial charge in [0.1, 0.15) is 23.6 Å². The van der Waals surface area contributed by atoms with Gasteiger partial charge < -0.3 is 14.8 Å². The van der Waals surface area contributed by atoms with Gasteiger partial charge in [-0.05, 0) is 56.7 Å². The van der Waals surface area contributed by atoms with E-state index in [2.05, 4.69) is 10.6 Å². The second kappa shape index (κ2) is 9.82. The van der Waals surface area contributed by atoms with E-state index in [-0.39, 0.29) is 5.69 Å². The Hall–Kier alpha value is -4.07. The van der Waals surface area contributed by atoms with Gasteiger partial charge in [-0.3, -0.25) is 15.4 Å². The Morgan fingerprint density at radius 1 is 0.969 bits per heavy atom. The summed E-state index contributed by atoms with van der Waals surface area (Å²) in [5.74, 6) is 0.395. The van der Waals surface area contributed by atoms with E-state index >= 15 is 0 Å². The molecule has 8 heteroatoms. The fraction of sp³-hybridized carbons (Fsp3) is 0.208. The molecule has 0 radical (unpaired) electrons. The van der Waals surface area contributed by atoms with Crippen LogP contribution in [0.4, 0.5) is 27.5 Å². The normalized spacial score (nSPS) is 10.8. The monoisotopic (exact) mass is 435 g/mol. The molecule has 0 aromatic heterocycles. The summed E-state index contributed by atoms with van der Waals surface area (Å²) in [7, 11) is 0. The molecule has 0 heterocycles. The molecule has 3 rings (SSSR count). The molecule has 0 saturated carbocycles. The highest BCUT2D eigenvalue weighted by atomic mass is 16.6. The molecule has 0 fully saturated rings. The number of nitro benzene ring substituents is 1. The van der Waals surface area contributed by atoms with Crippen LogP contribution in [0, 0.1) is 10.1 Å². The van der Waals surface area contributed by atoms with Crippen LogP contribution in [0.1, 0.15) is 26.3 Å². The molecule has 0 aliphatic carbocycles. The van der Waals surface area contributed by atoms with Crippen LogP contribution in [0.25, 0.3) is 0 Å². The molecule has 0 atom stereocenters. The van der Waals surface area contributed by atoms with E-state index in [0.717, 1.165) is 5.56 Å². The van der Waals surface area contributed by atoms with E-state index in [1.54, 1.807) is 57.2 Å². The van der Waals surface area contributed by atoms with Crippen molar-refractivity contribution in [1.82, 2.24) is 0 Å². The predicted molar refractivity (Wildman–Crippen MR) is 123 cm³/mol. The lowest BCUT2D eigenvalue weighted by Gasteiger charge is -2.19. The van der Waals surface area contributed by atoms with Crippen molar-refractivity contribution in [3.63, 3.8) is 0 Å². The van der Waals surface area contributed by atoms with Crippen molar-refractivity contribution in [1.29, 1.82) is 0 Å². The fourth-order valence-electron chi connectivity index (χ4n) is 2.85. The summed E-state index contributed by atoms with van der Waals surface area (Å²) >= 11 is 0. The molecule has 0 saturated heterocycles. The van der Waals surface area contributed by atoms with Gasteiger partial charge in [0.05, 0.1) is 11.0 Å². The average molecular weight is 435 g/mol. The number of amides is 1. The molecule has 0 bridgehead atoms. The lowest BCUT2D eigenvalue weighted by Crippen LogP contribution is -2.27. The second-order valence-corrected chi connectivity index (χ2v) is 8.04. The number of hydrogen-bond acceptors (Lipinski definition) is 6. The van der Waals surface area contributed by atoms with Crippen LogP contribution in [0.5, 0.6) is 5.75 Å². The molecule has 1 amide bonds. The number of carbonyl (C=O) groups excluding carboxylic acids is 1. The number of nitrogens with one attached hydrogen (secondary N) is 2. The highest BCUT2D eigenvalue weighted by Crippen LogP contribution is 2.32. The highest BCUT2D eigenvalue weighted by Gasteiger charge is 2.18. The van der Waals surface area contributed by atoms with Gasteiger partial charge in [0.2, 0.25) is 0 Å². The molecular weight excluding hydrogens is 410 g/mol. The van der Waals surface area contributed by atoms with Crippen LogP contribution in [-0.4, -0.2) is 16.6 Å².